The largest absolute Gasteiger partial charge is 0.285 e. The fourth-order valence-electron chi connectivity index (χ4n) is 2.32. The minimum absolute atomic E-state index is 0.642. The summed E-state index contributed by atoms with van der Waals surface area (Å²) in [6, 6.07) is 1.34. The van der Waals surface area contributed by atoms with Gasteiger partial charge in [0.25, 0.3) is 0 Å². The maximum absolute atomic E-state index is 2.60. The zero-order chi connectivity index (χ0) is 8.67. The minimum atomic E-state index is 0.642. The fourth-order valence-corrected chi connectivity index (χ4v) is 3.69. The summed E-state index contributed by atoms with van der Waals surface area (Å²) in [6.07, 6.45) is 13.7. The summed E-state index contributed by atoms with van der Waals surface area (Å²) in [6.45, 7) is 1.14. The summed E-state index contributed by atoms with van der Waals surface area (Å²) < 4.78 is 0. The van der Waals surface area contributed by atoms with E-state index in [0.717, 1.165) is 6.54 Å². The van der Waals surface area contributed by atoms with Crippen LogP contribution in [-0.4, -0.2) is 34.5 Å². The lowest BCUT2D eigenvalue weighted by Crippen LogP contribution is -2.49. The van der Waals surface area contributed by atoms with Gasteiger partial charge in [-0.05, 0) is 0 Å². The molecule has 1 fully saturated rings. The third kappa shape index (κ3) is 1.20. The summed E-state index contributed by atoms with van der Waals surface area (Å²) >= 11 is 2.09. The van der Waals surface area contributed by atoms with E-state index in [1.54, 1.807) is 0 Å². The van der Waals surface area contributed by atoms with Crippen molar-refractivity contribution in [2.45, 2.75) is 17.3 Å². The Morgan fingerprint density at radius 2 is 2.08 bits per heavy atom. The van der Waals surface area contributed by atoms with Crippen LogP contribution in [0.2, 0.25) is 0 Å². The maximum Gasteiger partial charge on any atom is 0.0445 e. The van der Waals surface area contributed by atoms with Crippen molar-refractivity contribution >= 4 is 11.8 Å². The number of hydrogen-bond acceptors (Lipinski definition) is 2. The van der Waals surface area contributed by atoms with Crippen molar-refractivity contribution in [3.05, 3.63) is 36.5 Å². The predicted octanol–water partition coefficient (Wildman–Crippen LogP) is 1.84. The monoisotopic (exact) mass is 191 g/mol. The molecule has 3 rings (SSSR count). The fraction of sp³-hybridized carbons (Fsp3) is 0.455. The van der Waals surface area contributed by atoms with E-state index in [0.29, 0.717) is 17.3 Å². The highest BCUT2D eigenvalue weighted by Crippen LogP contribution is 2.34. The van der Waals surface area contributed by atoms with E-state index in [1.165, 1.54) is 5.75 Å². The lowest BCUT2D eigenvalue weighted by atomic mass is 10.1. The van der Waals surface area contributed by atoms with Gasteiger partial charge in [-0.2, -0.15) is 11.8 Å². The third-order valence-electron chi connectivity index (χ3n) is 3.00. The smallest absolute Gasteiger partial charge is 0.0445 e. The summed E-state index contributed by atoms with van der Waals surface area (Å²) in [5.41, 5.74) is 0. The molecule has 0 saturated carbocycles. The van der Waals surface area contributed by atoms with Crippen LogP contribution in [0.1, 0.15) is 0 Å². The van der Waals surface area contributed by atoms with Gasteiger partial charge < -0.3 is 0 Å². The zero-order valence-corrected chi connectivity index (χ0v) is 8.28. The van der Waals surface area contributed by atoms with Crippen molar-refractivity contribution in [3.8, 4) is 0 Å². The molecular formula is C11H13NS. The first kappa shape index (κ1) is 7.89. The number of thioether (sulfide) groups is 1. The molecule has 1 nitrogen and oxygen atoms in total. The van der Waals surface area contributed by atoms with E-state index in [1.807, 2.05) is 0 Å². The van der Waals surface area contributed by atoms with Gasteiger partial charge in [0.15, 0.2) is 0 Å². The van der Waals surface area contributed by atoms with Crippen molar-refractivity contribution in [1.29, 1.82) is 0 Å². The highest BCUT2D eigenvalue weighted by molar-refractivity contribution is 8.00. The lowest BCUT2D eigenvalue weighted by Gasteiger charge is -2.41. The Labute approximate surface area is 83.2 Å². The Hall–Kier alpha value is -0.470. The molecule has 0 radical (unpaired) electrons. The van der Waals surface area contributed by atoms with Crippen molar-refractivity contribution in [3.63, 3.8) is 0 Å². The molecule has 0 spiro atoms. The number of rotatable bonds is 0. The number of allylic oxidation sites excluding steroid dienone is 2. The van der Waals surface area contributed by atoms with Gasteiger partial charge in [0.2, 0.25) is 0 Å². The highest BCUT2D eigenvalue weighted by Gasteiger charge is 2.35. The molecule has 3 unspecified atom stereocenters. The van der Waals surface area contributed by atoms with Crippen molar-refractivity contribution in [2.24, 2.45) is 0 Å². The molecule has 3 atom stereocenters. The molecular weight excluding hydrogens is 178 g/mol. The Morgan fingerprint density at radius 1 is 1.15 bits per heavy atom. The Balaban J connectivity index is 1.88. The molecule has 0 amide bonds. The number of nitrogens with zero attached hydrogens (tertiary/aromatic N) is 1. The van der Waals surface area contributed by atoms with Crippen molar-refractivity contribution in [2.75, 3.05) is 12.3 Å². The Kier molecular flexibility index (Phi) is 1.84. The van der Waals surface area contributed by atoms with E-state index in [-0.39, 0.29) is 0 Å². The molecule has 2 heterocycles. The van der Waals surface area contributed by atoms with Gasteiger partial charge in [-0.15, -0.1) is 0 Å². The molecule has 0 aromatic rings. The van der Waals surface area contributed by atoms with E-state index in [4.69, 9.17) is 0 Å². The van der Waals surface area contributed by atoms with Gasteiger partial charge in [-0.3, -0.25) is 4.90 Å². The molecule has 0 N–H and O–H groups in total. The second kappa shape index (κ2) is 3.03. The average Bonchev–Trinajstić information content (AvgIpc) is 2.65. The standard InChI is InChI=1S/C11H13NS/c1-2-6-11-10(5-1)12-7-3-4-9(12)8-13-11/h1-6,9-11H,7-8H2. The molecule has 3 aliphatic rings. The zero-order valence-electron chi connectivity index (χ0n) is 7.47. The van der Waals surface area contributed by atoms with Crippen molar-refractivity contribution in [1.82, 2.24) is 4.90 Å². The van der Waals surface area contributed by atoms with Gasteiger partial charge in [0.1, 0.15) is 0 Å². The van der Waals surface area contributed by atoms with Gasteiger partial charge in [0.05, 0.1) is 0 Å². The summed E-state index contributed by atoms with van der Waals surface area (Å²) in [7, 11) is 0. The Bertz CT molecular complexity index is 292. The summed E-state index contributed by atoms with van der Waals surface area (Å²) in [5, 5.41) is 0.696. The van der Waals surface area contributed by atoms with Gasteiger partial charge >= 0.3 is 0 Å². The first-order valence-corrected chi connectivity index (χ1v) is 5.89. The molecule has 68 valence electrons. The second-order valence-electron chi connectivity index (χ2n) is 3.75. The highest BCUT2D eigenvalue weighted by atomic mass is 32.2. The van der Waals surface area contributed by atoms with Crippen molar-refractivity contribution < 1.29 is 0 Å². The van der Waals surface area contributed by atoms with Crippen LogP contribution in [0.25, 0.3) is 0 Å². The van der Waals surface area contributed by atoms with Crippen LogP contribution >= 0.6 is 11.8 Å². The first-order chi connectivity index (χ1) is 6.45. The van der Waals surface area contributed by atoms with E-state index in [2.05, 4.69) is 53.1 Å². The number of fused-ring (bicyclic) bond motifs is 3. The van der Waals surface area contributed by atoms with Crippen LogP contribution in [0.15, 0.2) is 36.5 Å². The normalized spacial score (nSPS) is 42.0. The quantitative estimate of drug-likeness (QED) is 0.537. The molecule has 2 aliphatic heterocycles. The van der Waals surface area contributed by atoms with Gasteiger partial charge in [0, 0.05) is 29.6 Å². The molecule has 13 heavy (non-hydrogen) atoms. The molecule has 2 heteroatoms. The van der Waals surface area contributed by atoms with Gasteiger partial charge in [-0.1, -0.05) is 36.5 Å². The molecule has 0 bridgehead atoms. The number of hydrogen-bond donors (Lipinski definition) is 0. The second-order valence-corrected chi connectivity index (χ2v) is 4.96. The SMILES string of the molecule is C1=CC2SCC3C=CCN3C2C=C1. The third-order valence-corrected chi connectivity index (χ3v) is 4.35. The molecule has 0 aromatic heterocycles. The van der Waals surface area contributed by atoms with Gasteiger partial charge in [-0.25, -0.2) is 0 Å². The maximum atomic E-state index is 2.60. The molecule has 1 saturated heterocycles. The minimum Gasteiger partial charge on any atom is -0.285 e. The average molecular weight is 191 g/mol. The molecule has 0 aromatic carbocycles. The van der Waals surface area contributed by atoms with Crippen LogP contribution in [0.4, 0.5) is 0 Å². The van der Waals surface area contributed by atoms with E-state index < -0.39 is 0 Å². The first-order valence-electron chi connectivity index (χ1n) is 4.84. The van der Waals surface area contributed by atoms with Crippen LogP contribution < -0.4 is 0 Å². The van der Waals surface area contributed by atoms with Crippen LogP contribution in [0, 0.1) is 0 Å². The van der Waals surface area contributed by atoms with Crippen LogP contribution in [0.5, 0.6) is 0 Å². The molecule has 1 aliphatic carbocycles. The van der Waals surface area contributed by atoms with Crippen LogP contribution in [-0.2, 0) is 0 Å². The van der Waals surface area contributed by atoms with E-state index >= 15 is 0 Å². The summed E-state index contributed by atoms with van der Waals surface area (Å²) in [5.74, 6) is 1.26. The Morgan fingerprint density at radius 3 is 3.08 bits per heavy atom. The topological polar surface area (TPSA) is 3.24 Å². The summed E-state index contributed by atoms with van der Waals surface area (Å²) in [4.78, 5) is 2.60. The lowest BCUT2D eigenvalue weighted by molar-refractivity contribution is 0.235. The van der Waals surface area contributed by atoms with Crippen LogP contribution in [0.3, 0.4) is 0 Å². The predicted molar refractivity (Wildman–Crippen MR) is 57.9 cm³/mol. The van der Waals surface area contributed by atoms with E-state index in [9.17, 15) is 0 Å².